The average Bonchev–Trinajstić information content (AvgIpc) is 2.74. The number of ether oxygens (including phenoxy) is 3. The molecule has 0 unspecified atom stereocenters. The van der Waals surface area contributed by atoms with Crippen LogP contribution in [-0.2, 0) is 20.7 Å². The van der Waals surface area contributed by atoms with Gasteiger partial charge in [-0.25, -0.2) is 4.79 Å². The Labute approximate surface area is 171 Å². The van der Waals surface area contributed by atoms with E-state index in [1.54, 1.807) is 38.5 Å². The summed E-state index contributed by atoms with van der Waals surface area (Å²) in [5.41, 5.74) is 3.07. The Hall–Kier alpha value is -3.28. The van der Waals surface area contributed by atoms with Crippen LogP contribution in [0.1, 0.15) is 23.1 Å². The van der Waals surface area contributed by atoms with Crippen LogP contribution in [0.4, 0.5) is 0 Å². The first-order chi connectivity index (χ1) is 14.0. The molecule has 1 amide bonds. The van der Waals surface area contributed by atoms with Gasteiger partial charge in [0.25, 0.3) is 0 Å². The van der Waals surface area contributed by atoms with Crippen LogP contribution in [0.2, 0.25) is 0 Å². The molecule has 0 saturated carbocycles. The van der Waals surface area contributed by atoms with Crippen molar-refractivity contribution in [1.82, 2.24) is 5.32 Å². The van der Waals surface area contributed by atoms with Crippen molar-refractivity contribution in [3.8, 4) is 11.5 Å². The molecule has 2 aromatic carbocycles. The van der Waals surface area contributed by atoms with Gasteiger partial charge in [-0.05, 0) is 42.7 Å². The zero-order valence-electron chi connectivity index (χ0n) is 17.1. The molecule has 0 atom stereocenters. The second kappa shape index (κ2) is 11.5. The van der Waals surface area contributed by atoms with E-state index in [-0.39, 0.29) is 19.1 Å². The number of methoxy groups -OCH3 is 2. The van der Waals surface area contributed by atoms with Gasteiger partial charge in [-0.15, -0.1) is 0 Å². The maximum atomic E-state index is 11.9. The van der Waals surface area contributed by atoms with Gasteiger partial charge in [0.15, 0.2) is 0 Å². The fourth-order valence-corrected chi connectivity index (χ4v) is 2.58. The monoisotopic (exact) mass is 397 g/mol. The zero-order valence-corrected chi connectivity index (χ0v) is 17.1. The lowest BCUT2D eigenvalue weighted by Crippen LogP contribution is -2.28. The van der Waals surface area contributed by atoms with E-state index in [2.05, 4.69) is 5.32 Å². The van der Waals surface area contributed by atoms with Crippen LogP contribution in [0.3, 0.4) is 0 Å². The van der Waals surface area contributed by atoms with Gasteiger partial charge in [-0.3, -0.25) is 4.79 Å². The van der Waals surface area contributed by atoms with E-state index in [1.807, 2.05) is 31.2 Å². The molecule has 6 heteroatoms. The van der Waals surface area contributed by atoms with E-state index in [9.17, 15) is 9.59 Å². The molecule has 6 nitrogen and oxygen atoms in total. The summed E-state index contributed by atoms with van der Waals surface area (Å²) in [4.78, 5) is 23.7. The summed E-state index contributed by atoms with van der Waals surface area (Å²) in [7, 11) is 3.12. The number of aryl methyl sites for hydroxylation is 2. The van der Waals surface area contributed by atoms with E-state index in [1.165, 1.54) is 11.6 Å². The molecular weight excluding hydrogens is 370 g/mol. The number of carbonyl (C=O) groups is 2. The average molecular weight is 397 g/mol. The predicted octanol–water partition coefficient (Wildman–Crippen LogP) is 3.32. The Morgan fingerprint density at radius 3 is 2.28 bits per heavy atom. The molecule has 2 rings (SSSR count). The fourth-order valence-electron chi connectivity index (χ4n) is 2.58. The van der Waals surface area contributed by atoms with Gasteiger partial charge in [0, 0.05) is 18.6 Å². The lowest BCUT2D eigenvalue weighted by atomic mass is 10.1. The van der Waals surface area contributed by atoms with Gasteiger partial charge >= 0.3 is 5.97 Å². The van der Waals surface area contributed by atoms with Crippen LogP contribution in [-0.4, -0.2) is 39.2 Å². The molecule has 0 bridgehead atoms. The number of hydrogen-bond donors (Lipinski definition) is 1. The number of nitrogens with one attached hydrogen (secondary N) is 1. The third kappa shape index (κ3) is 8.09. The molecule has 0 spiro atoms. The lowest BCUT2D eigenvalue weighted by molar-refractivity contribution is -0.138. The smallest absolute Gasteiger partial charge is 0.330 e. The minimum Gasteiger partial charge on any atom is -0.497 e. The molecule has 1 N–H and O–H groups in total. The molecule has 0 heterocycles. The van der Waals surface area contributed by atoms with Crippen LogP contribution in [0.25, 0.3) is 6.08 Å². The standard InChI is InChI=1S/C23H27NO5/c1-17-4-6-18(7-5-17)8-10-22(25)24-12-13-29-23(26)11-9-19-14-20(27-2)16-21(15-19)28-3/h4-7,9,11,14-16H,8,10,12-13H2,1-3H3,(H,24,25)/b11-9+. The highest BCUT2D eigenvalue weighted by atomic mass is 16.5. The predicted molar refractivity (Wildman–Crippen MR) is 112 cm³/mol. The first-order valence-electron chi connectivity index (χ1n) is 9.40. The molecule has 0 fully saturated rings. The molecule has 0 aliphatic carbocycles. The van der Waals surface area contributed by atoms with Crippen molar-refractivity contribution in [2.75, 3.05) is 27.4 Å². The molecule has 0 radical (unpaired) electrons. The fraction of sp³-hybridized carbons (Fsp3) is 0.304. The molecule has 29 heavy (non-hydrogen) atoms. The van der Waals surface area contributed by atoms with Crippen molar-refractivity contribution in [3.63, 3.8) is 0 Å². The number of rotatable bonds is 10. The van der Waals surface area contributed by atoms with Gasteiger partial charge in [0.05, 0.1) is 20.8 Å². The lowest BCUT2D eigenvalue weighted by Gasteiger charge is -2.07. The maximum absolute atomic E-state index is 11.9. The van der Waals surface area contributed by atoms with Crippen molar-refractivity contribution in [2.45, 2.75) is 19.8 Å². The normalized spacial score (nSPS) is 10.6. The highest BCUT2D eigenvalue weighted by Gasteiger charge is 2.04. The topological polar surface area (TPSA) is 73.9 Å². The van der Waals surface area contributed by atoms with Crippen molar-refractivity contribution in [1.29, 1.82) is 0 Å². The molecule has 0 aliphatic rings. The van der Waals surface area contributed by atoms with E-state index >= 15 is 0 Å². The molecule has 0 aliphatic heterocycles. The molecule has 0 saturated heterocycles. The van der Waals surface area contributed by atoms with Gasteiger partial charge in [-0.1, -0.05) is 29.8 Å². The number of hydrogen-bond acceptors (Lipinski definition) is 5. The van der Waals surface area contributed by atoms with Crippen LogP contribution < -0.4 is 14.8 Å². The van der Waals surface area contributed by atoms with Gasteiger partial charge in [0.1, 0.15) is 18.1 Å². The Balaban J connectivity index is 1.68. The largest absolute Gasteiger partial charge is 0.497 e. The van der Waals surface area contributed by atoms with Crippen LogP contribution in [0.5, 0.6) is 11.5 Å². The second-order valence-electron chi connectivity index (χ2n) is 6.48. The van der Waals surface area contributed by atoms with E-state index < -0.39 is 5.97 Å². The molecule has 154 valence electrons. The third-order valence-electron chi connectivity index (χ3n) is 4.22. The van der Waals surface area contributed by atoms with Crippen molar-refractivity contribution in [2.24, 2.45) is 0 Å². The minimum absolute atomic E-state index is 0.0689. The highest BCUT2D eigenvalue weighted by Crippen LogP contribution is 2.23. The summed E-state index contributed by atoms with van der Waals surface area (Å²) < 4.78 is 15.5. The van der Waals surface area contributed by atoms with E-state index in [4.69, 9.17) is 14.2 Å². The number of esters is 1. The summed E-state index contributed by atoms with van der Waals surface area (Å²) in [5, 5.41) is 2.75. The first kappa shape index (κ1) is 22.0. The van der Waals surface area contributed by atoms with Crippen molar-refractivity contribution in [3.05, 3.63) is 65.2 Å². The molecule has 2 aromatic rings. The van der Waals surface area contributed by atoms with Crippen molar-refractivity contribution < 1.29 is 23.8 Å². The van der Waals surface area contributed by atoms with Crippen LogP contribution >= 0.6 is 0 Å². The summed E-state index contributed by atoms with van der Waals surface area (Å²) in [6.45, 7) is 2.42. The zero-order chi connectivity index (χ0) is 21.1. The summed E-state index contributed by atoms with van der Waals surface area (Å²) in [6, 6.07) is 13.4. The first-order valence-corrected chi connectivity index (χ1v) is 9.40. The molecular formula is C23H27NO5. The Bertz CT molecular complexity index is 821. The van der Waals surface area contributed by atoms with Gasteiger partial charge in [0.2, 0.25) is 5.91 Å². The maximum Gasteiger partial charge on any atom is 0.330 e. The van der Waals surface area contributed by atoms with Gasteiger partial charge < -0.3 is 19.5 Å². The number of amides is 1. The highest BCUT2D eigenvalue weighted by molar-refractivity contribution is 5.87. The third-order valence-corrected chi connectivity index (χ3v) is 4.22. The summed E-state index contributed by atoms with van der Waals surface area (Å²) >= 11 is 0. The summed E-state index contributed by atoms with van der Waals surface area (Å²) in [6.07, 6.45) is 4.02. The van der Waals surface area contributed by atoms with Gasteiger partial charge in [-0.2, -0.15) is 0 Å². The minimum atomic E-state index is -0.485. The molecule has 0 aromatic heterocycles. The van der Waals surface area contributed by atoms with E-state index in [0.29, 0.717) is 24.3 Å². The number of benzene rings is 2. The Morgan fingerprint density at radius 2 is 1.66 bits per heavy atom. The Morgan fingerprint density at radius 1 is 1.00 bits per heavy atom. The van der Waals surface area contributed by atoms with Crippen LogP contribution in [0.15, 0.2) is 48.5 Å². The SMILES string of the molecule is COc1cc(/C=C/C(=O)OCCNC(=O)CCc2ccc(C)cc2)cc(OC)c1. The van der Waals surface area contributed by atoms with Crippen LogP contribution in [0, 0.1) is 6.92 Å². The van der Waals surface area contributed by atoms with E-state index in [0.717, 1.165) is 11.1 Å². The quantitative estimate of drug-likeness (QED) is 0.378. The Kier molecular flexibility index (Phi) is 8.76. The van der Waals surface area contributed by atoms with Crippen molar-refractivity contribution >= 4 is 18.0 Å². The second-order valence-corrected chi connectivity index (χ2v) is 6.48. The summed E-state index contributed by atoms with van der Waals surface area (Å²) in [5.74, 6) is 0.706. The number of carbonyl (C=O) groups excluding carboxylic acids is 2.